The van der Waals surface area contributed by atoms with Gasteiger partial charge in [0.1, 0.15) is 23.0 Å². The fourth-order valence-electron chi connectivity index (χ4n) is 6.36. The Morgan fingerprint density at radius 1 is 1.16 bits per heavy atom. The van der Waals surface area contributed by atoms with Gasteiger partial charge in [0, 0.05) is 35.9 Å². The van der Waals surface area contributed by atoms with E-state index in [1.807, 2.05) is 19.1 Å². The van der Waals surface area contributed by atoms with E-state index in [1.165, 1.54) is 12.1 Å². The molecule has 2 unspecified atom stereocenters. The van der Waals surface area contributed by atoms with E-state index >= 15 is 0 Å². The van der Waals surface area contributed by atoms with Gasteiger partial charge in [0.05, 0.1) is 24.8 Å². The van der Waals surface area contributed by atoms with Crippen molar-refractivity contribution >= 4 is 17.6 Å². The highest BCUT2D eigenvalue weighted by Gasteiger charge is 2.43. The fraction of sp³-hybridized carbons (Fsp3) is 0.406. The van der Waals surface area contributed by atoms with E-state index in [-0.39, 0.29) is 17.8 Å². The quantitative estimate of drug-likeness (QED) is 0.247. The van der Waals surface area contributed by atoms with Crippen LogP contribution >= 0.6 is 11.6 Å². The number of aromatic carboxylic acids is 1. The Balaban J connectivity index is 1.07. The van der Waals surface area contributed by atoms with Crippen LogP contribution in [0.5, 0.6) is 11.5 Å². The summed E-state index contributed by atoms with van der Waals surface area (Å²) in [5, 5.41) is 13.6. The Hall–Kier alpha value is -3.93. The molecule has 0 aliphatic carbocycles. The zero-order valence-electron chi connectivity index (χ0n) is 24.4. The van der Waals surface area contributed by atoms with E-state index < -0.39 is 17.6 Å². The topological polar surface area (TPSA) is 112 Å². The summed E-state index contributed by atoms with van der Waals surface area (Å²) in [5.41, 5.74) is 3.26. The van der Waals surface area contributed by atoms with Crippen molar-refractivity contribution in [1.29, 1.82) is 0 Å². The van der Waals surface area contributed by atoms with Crippen LogP contribution in [0.15, 0.2) is 47.0 Å². The van der Waals surface area contributed by atoms with Gasteiger partial charge in [-0.25, -0.2) is 14.2 Å². The van der Waals surface area contributed by atoms with Crippen molar-refractivity contribution < 1.29 is 33.0 Å². The van der Waals surface area contributed by atoms with Gasteiger partial charge >= 0.3 is 5.97 Å². The first-order valence-corrected chi connectivity index (χ1v) is 15.1. The Morgan fingerprint density at radius 3 is 2.64 bits per heavy atom. The number of imidazole rings is 1. The summed E-state index contributed by atoms with van der Waals surface area (Å²) in [6.07, 6.45) is 2.91. The Morgan fingerprint density at radius 2 is 1.95 bits per heavy atom. The number of carboxylic acid groups (broad SMARTS) is 1. The monoisotopic (exact) mass is 622 g/mol. The molecule has 12 heteroatoms. The molecule has 2 atom stereocenters. The van der Waals surface area contributed by atoms with Crippen molar-refractivity contribution in [1.82, 2.24) is 19.6 Å². The number of rotatable bonds is 8. The highest BCUT2D eigenvalue weighted by Crippen LogP contribution is 2.50. The van der Waals surface area contributed by atoms with E-state index in [4.69, 9.17) is 35.3 Å². The molecule has 10 nitrogen and oxygen atoms in total. The molecule has 2 saturated heterocycles. The van der Waals surface area contributed by atoms with E-state index in [2.05, 4.69) is 20.7 Å². The maximum absolute atomic E-state index is 14.8. The first kappa shape index (κ1) is 28.8. The molecule has 2 fully saturated rings. The van der Waals surface area contributed by atoms with Crippen LogP contribution in [0.4, 0.5) is 4.39 Å². The molecule has 0 spiro atoms. The van der Waals surface area contributed by atoms with Crippen LogP contribution in [-0.4, -0.2) is 56.5 Å². The predicted octanol–water partition coefficient (Wildman–Crippen LogP) is 6.15. The number of fused-ring (bicyclic) bond motifs is 1. The largest absolute Gasteiger partial charge is 0.475 e. The van der Waals surface area contributed by atoms with Crippen LogP contribution in [0.1, 0.15) is 65.3 Å². The molecule has 5 heterocycles. The van der Waals surface area contributed by atoms with Gasteiger partial charge in [-0.15, -0.1) is 0 Å². The van der Waals surface area contributed by atoms with E-state index in [0.29, 0.717) is 46.6 Å². The van der Waals surface area contributed by atoms with Gasteiger partial charge in [-0.05, 0) is 69.5 Å². The van der Waals surface area contributed by atoms with Crippen molar-refractivity contribution in [2.45, 2.75) is 64.0 Å². The molecule has 0 amide bonds. The van der Waals surface area contributed by atoms with Crippen LogP contribution in [0, 0.1) is 12.7 Å². The third-order valence-electron chi connectivity index (χ3n) is 8.87. The molecule has 7 rings (SSSR count). The summed E-state index contributed by atoms with van der Waals surface area (Å²) in [6.45, 7) is 7.43. The van der Waals surface area contributed by atoms with Crippen LogP contribution < -0.4 is 9.47 Å². The van der Waals surface area contributed by atoms with E-state index in [9.17, 15) is 14.3 Å². The lowest BCUT2D eigenvalue weighted by Crippen LogP contribution is -2.35. The van der Waals surface area contributed by atoms with Gasteiger partial charge in [-0.3, -0.25) is 4.90 Å². The number of hydrogen-bond acceptors (Lipinski definition) is 8. The Bertz CT molecular complexity index is 1730. The van der Waals surface area contributed by atoms with E-state index in [1.54, 1.807) is 19.1 Å². The number of likely N-dealkylation sites (tertiary alicyclic amines) is 1. The fourth-order valence-corrected chi connectivity index (χ4v) is 6.52. The van der Waals surface area contributed by atoms with Crippen LogP contribution in [0.3, 0.4) is 0 Å². The van der Waals surface area contributed by atoms with Gasteiger partial charge in [0.15, 0.2) is 11.5 Å². The maximum atomic E-state index is 14.8. The van der Waals surface area contributed by atoms with Gasteiger partial charge in [-0.1, -0.05) is 28.9 Å². The van der Waals surface area contributed by atoms with Crippen LogP contribution in [0.2, 0.25) is 5.02 Å². The minimum atomic E-state index is -1.29. The van der Waals surface area contributed by atoms with Gasteiger partial charge in [0.25, 0.3) is 5.79 Å². The number of hydrogen-bond donors (Lipinski definition) is 1. The molecule has 3 aliphatic heterocycles. The first-order valence-electron chi connectivity index (χ1n) is 14.8. The van der Waals surface area contributed by atoms with Crippen molar-refractivity contribution in [3.05, 3.63) is 81.7 Å². The van der Waals surface area contributed by atoms with Gasteiger partial charge < -0.3 is 28.4 Å². The number of aromatic nitrogens is 3. The number of para-hydroxylation sites is 1. The summed E-state index contributed by atoms with van der Waals surface area (Å²) >= 11 is 5.97. The molecule has 4 aromatic rings. The zero-order chi connectivity index (χ0) is 30.6. The van der Waals surface area contributed by atoms with Crippen molar-refractivity contribution in [2.75, 3.05) is 19.7 Å². The zero-order valence-corrected chi connectivity index (χ0v) is 25.1. The average Bonchev–Trinajstić information content (AvgIpc) is 3.67. The second-order valence-corrected chi connectivity index (χ2v) is 12.2. The first-order chi connectivity index (χ1) is 21.2. The summed E-state index contributed by atoms with van der Waals surface area (Å²) < 4.78 is 40.2. The molecule has 0 bridgehead atoms. The molecule has 0 saturated carbocycles. The second-order valence-electron chi connectivity index (χ2n) is 11.7. The van der Waals surface area contributed by atoms with Crippen molar-refractivity contribution in [3.8, 4) is 22.9 Å². The second kappa shape index (κ2) is 11.2. The molecular formula is C32H32ClFN4O6. The average molecular weight is 623 g/mol. The molecule has 0 radical (unpaired) electrons. The molecular weight excluding hydrogens is 591 g/mol. The number of nitrogens with zero attached hydrogens (tertiary/aromatic N) is 4. The summed E-state index contributed by atoms with van der Waals surface area (Å²) in [6, 6.07) is 11.8. The SMILES string of the molecule is Cc1c(-c2cc(C(=O)O)on2)nc(CN2CCC(c3cccc4c3OC(C)(c3ccc(Cl)cc3F)O4)CC2)n1CC1CCO1. The highest BCUT2D eigenvalue weighted by molar-refractivity contribution is 6.30. The lowest BCUT2D eigenvalue weighted by atomic mass is 9.88. The lowest BCUT2D eigenvalue weighted by molar-refractivity contribution is -0.0712. The van der Waals surface area contributed by atoms with Crippen LogP contribution in [-0.2, 0) is 23.6 Å². The summed E-state index contributed by atoms with van der Waals surface area (Å²) in [7, 11) is 0. The molecule has 1 N–H and O–H groups in total. The number of carbonyl (C=O) groups is 1. The Labute approximate surface area is 258 Å². The van der Waals surface area contributed by atoms with Gasteiger partial charge in [0.2, 0.25) is 5.76 Å². The highest BCUT2D eigenvalue weighted by atomic mass is 35.5. The normalized spacial score (nSPS) is 21.9. The smallest absolute Gasteiger partial charge is 0.374 e. The maximum Gasteiger partial charge on any atom is 0.374 e. The van der Waals surface area contributed by atoms with Crippen LogP contribution in [0.25, 0.3) is 11.4 Å². The Kier molecular flexibility index (Phi) is 7.34. The molecule has 230 valence electrons. The summed E-state index contributed by atoms with van der Waals surface area (Å²) in [4.78, 5) is 18.6. The molecule has 2 aromatic carbocycles. The molecule has 3 aliphatic rings. The number of benzene rings is 2. The van der Waals surface area contributed by atoms with Crippen molar-refractivity contribution in [3.63, 3.8) is 0 Å². The van der Waals surface area contributed by atoms with E-state index in [0.717, 1.165) is 56.0 Å². The minimum absolute atomic E-state index is 0.126. The summed E-state index contributed by atoms with van der Waals surface area (Å²) in [5.74, 6) is -0.781. The third-order valence-corrected chi connectivity index (χ3v) is 9.10. The number of halogens is 2. The van der Waals surface area contributed by atoms with Crippen molar-refractivity contribution in [2.24, 2.45) is 0 Å². The predicted molar refractivity (Wildman–Crippen MR) is 157 cm³/mol. The third kappa shape index (κ3) is 5.22. The minimum Gasteiger partial charge on any atom is -0.475 e. The van der Waals surface area contributed by atoms with Gasteiger partial charge in [-0.2, -0.15) is 0 Å². The number of carboxylic acids is 1. The number of piperidine rings is 1. The molecule has 44 heavy (non-hydrogen) atoms. The molecule has 2 aromatic heterocycles. The standard InChI is InChI=1S/C32H32ClFN4O6/c1-18-29(25-15-27(31(39)40)44-36-25)35-28(38(18)16-21-10-13-41-21)17-37-11-8-19(9-12-37)22-4-3-5-26-30(22)43-32(2,42-26)23-7-6-20(33)14-24(23)34/h3-7,14-15,19,21H,8-13,16-17H2,1-2H3,(H,39,40). The number of ether oxygens (including phenoxy) is 3. The lowest BCUT2D eigenvalue weighted by Gasteiger charge is -2.33.